The highest BCUT2D eigenvalue weighted by atomic mass is 79.9. The third-order valence-electron chi connectivity index (χ3n) is 4.31. The lowest BCUT2D eigenvalue weighted by molar-refractivity contribution is 0.0913. The fourth-order valence-corrected chi connectivity index (χ4v) is 3.22. The van der Waals surface area contributed by atoms with Gasteiger partial charge in [0.05, 0.1) is 0 Å². The fourth-order valence-electron chi connectivity index (χ4n) is 2.98. The Kier molecular flexibility index (Phi) is 6.43. The van der Waals surface area contributed by atoms with Crippen LogP contribution in [0.1, 0.15) is 32.4 Å². The van der Waals surface area contributed by atoms with Gasteiger partial charge in [0, 0.05) is 34.4 Å². The SMILES string of the molecule is CCC(CC)(C(Cc1ccc(Br)cn1)NC)N(C)C. The van der Waals surface area contributed by atoms with Gasteiger partial charge in [-0.05, 0) is 62.0 Å². The molecule has 0 spiro atoms. The lowest BCUT2D eigenvalue weighted by atomic mass is 9.81. The zero-order chi connectivity index (χ0) is 14.5. The normalized spacial score (nSPS) is 13.8. The van der Waals surface area contributed by atoms with E-state index in [0.29, 0.717) is 6.04 Å². The molecule has 1 atom stereocenters. The van der Waals surface area contributed by atoms with Crippen molar-refractivity contribution in [3.05, 3.63) is 28.5 Å². The molecule has 1 heterocycles. The summed E-state index contributed by atoms with van der Waals surface area (Å²) in [7, 11) is 6.39. The first-order valence-electron chi connectivity index (χ1n) is 6.95. The number of hydrogen-bond donors (Lipinski definition) is 1. The van der Waals surface area contributed by atoms with E-state index in [-0.39, 0.29) is 5.54 Å². The van der Waals surface area contributed by atoms with Gasteiger partial charge in [-0.3, -0.25) is 4.98 Å². The first-order chi connectivity index (χ1) is 9.00. The van der Waals surface area contributed by atoms with Crippen molar-refractivity contribution in [1.82, 2.24) is 15.2 Å². The van der Waals surface area contributed by atoms with E-state index in [9.17, 15) is 0 Å². The van der Waals surface area contributed by atoms with E-state index in [0.717, 1.165) is 29.4 Å². The number of aromatic nitrogens is 1. The monoisotopic (exact) mass is 327 g/mol. The molecule has 1 aromatic rings. The molecule has 19 heavy (non-hydrogen) atoms. The van der Waals surface area contributed by atoms with Crippen molar-refractivity contribution in [2.75, 3.05) is 21.1 Å². The number of likely N-dealkylation sites (N-methyl/N-ethyl adjacent to an activating group) is 2. The Morgan fingerprint density at radius 3 is 2.32 bits per heavy atom. The Morgan fingerprint density at radius 1 is 1.32 bits per heavy atom. The van der Waals surface area contributed by atoms with Crippen LogP contribution < -0.4 is 5.32 Å². The largest absolute Gasteiger partial charge is 0.315 e. The molecule has 108 valence electrons. The van der Waals surface area contributed by atoms with Crippen molar-refractivity contribution in [3.63, 3.8) is 0 Å². The molecule has 0 aliphatic heterocycles. The molecule has 4 heteroatoms. The van der Waals surface area contributed by atoms with E-state index in [4.69, 9.17) is 0 Å². The van der Waals surface area contributed by atoms with Crippen LogP contribution in [-0.2, 0) is 6.42 Å². The zero-order valence-corrected chi connectivity index (χ0v) is 14.3. The standard InChI is InChI=1S/C15H26BrN3/c1-6-15(7-2,19(4)5)14(17-3)10-13-9-8-12(16)11-18-13/h8-9,11,14,17H,6-7,10H2,1-5H3. The average molecular weight is 328 g/mol. The van der Waals surface area contributed by atoms with Crippen LogP contribution in [0.2, 0.25) is 0 Å². The second-order valence-electron chi connectivity index (χ2n) is 5.22. The molecule has 0 aromatic carbocycles. The van der Waals surface area contributed by atoms with Crippen LogP contribution in [0.25, 0.3) is 0 Å². The third kappa shape index (κ3) is 3.77. The first kappa shape index (κ1) is 16.6. The van der Waals surface area contributed by atoms with Crippen LogP contribution in [0.3, 0.4) is 0 Å². The molecule has 0 aliphatic carbocycles. The summed E-state index contributed by atoms with van der Waals surface area (Å²) in [6.45, 7) is 4.53. The number of hydrogen-bond acceptors (Lipinski definition) is 3. The van der Waals surface area contributed by atoms with Crippen molar-refractivity contribution in [2.45, 2.75) is 44.7 Å². The molecular formula is C15H26BrN3. The van der Waals surface area contributed by atoms with Gasteiger partial charge in [-0.25, -0.2) is 0 Å². The second-order valence-corrected chi connectivity index (χ2v) is 6.13. The Morgan fingerprint density at radius 2 is 1.95 bits per heavy atom. The van der Waals surface area contributed by atoms with Gasteiger partial charge in [0.1, 0.15) is 0 Å². The maximum absolute atomic E-state index is 4.50. The van der Waals surface area contributed by atoms with Crippen LogP contribution >= 0.6 is 15.9 Å². The van der Waals surface area contributed by atoms with E-state index in [1.165, 1.54) is 0 Å². The molecule has 0 bridgehead atoms. The van der Waals surface area contributed by atoms with Crippen molar-refractivity contribution >= 4 is 15.9 Å². The van der Waals surface area contributed by atoms with Gasteiger partial charge in [0.2, 0.25) is 0 Å². The maximum Gasteiger partial charge on any atom is 0.0420 e. The lowest BCUT2D eigenvalue weighted by Crippen LogP contribution is -2.58. The molecule has 0 amide bonds. The zero-order valence-electron chi connectivity index (χ0n) is 12.7. The summed E-state index contributed by atoms with van der Waals surface area (Å²) in [5, 5.41) is 3.50. The minimum absolute atomic E-state index is 0.170. The predicted octanol–water partition coefficient (Wildman–Crippen LogP) is 3.10. The first-order valence-corrected chi connectivity index (χ1v) is 7.74. The minimum Gasteiger partial charge on any atom is -0.315 e. The highest BCUT2D eigenvalue weighted by Gasteiger charge is 2.37. The molecular weight excluding hydrogens is 302 g/mol. The van der Waals surface area contributed by atoms with Gasteiger partial charge in [0.15, 0.2) is 0 Å². The van der Waals surface area contributed by atoms with Gasteiger partial charge >= 0.3 is 0 Å². The Labute approximate surface area is 125 Å². The molecule has 3 nitrogen and oxygen atoms in total. The quantitative estimate of drug-likeness (QED) is 0.834. The van der Waals surface area contributed by atoms with Gasteiger partial charge < -0.3 is 10.2 Å². The van der Waals surface area contributed by atoms with Crippen molar-refractivity contribution in [1.29, 1.82) is 0 Å². The van der Waals surface area contributed by atoms with E-state index < -0.39 is 0 Å². The fraction of sp³-hybridized carbons (Fsp3) is 0.667. The number of halogens is 1. The Bertz CT molecular complexity index is 371. The van der Waals surface area contributed by atoms with Gasteiger partial charge in [0.25, 0.3) is 0 Å². The van der Waals surface area contributed by atoms with Gasteiger partial charge in [-0.2, -0.15) is 0 Å². The molecule has 1 rings (SSSR count). The van der Waals surface area contributed by atoms with Gasteiger partial charge in [-0.1, -0.05) is 13.8 Å². The lowest BCUT2D eigenvalue weighted by Gasteiger charge is -2.45. The molecule has 1 aromatic heterocycles. The van der Waals surface area contributed by atoms with E-state index in [2.05, 4.69) is 71.2 Å². The summed E-state index contributed by atoms with van der Waals surface area (Å²) in [5.74, 6) is 0. The summed E-state index contributed by atoms with van der Waals surface area (Å²) in [6.07, 6.45) is 5.07. The average Bonchev–Trinajstić information content (AvgIpc) is 2.41. The van der Waals surface area contributed by atoms with Crippen molar-refractivity contribution in [2.24, 2.45) is 0 Å². The highest BCUT2D eigenvalue weighted by Crippen LogP contribution is 2.27. The van der Waals surface area contributed by atoms with Crippen LogP contribution in [0.15, 0.2) is 22.8 Å². The summed E-state index contributed by atoms with van der Waals surface area (Å²) in [6, 6.07) is 4.55. The predicted molar refractivity (Wildman–Crippen MR) is 85.5 cm³/mol. The summed E-state index contributed by atoms with van der Waals surface area (Å²) >= 11 is 3.43. The van der Waals surface area contributed by atoms with Crippen LogP contribution in [0.5, 0.6) is 0 Å². The Hall–Kier alpha value is -0.450. The molecule has 1 N–H and O–H groups in total. The molecule has 0 radical (unpaired) electrons. The minimum atomic E-state index is 0.170. The third-order valence-corrected chi connectivity index (χ3v) is 4.78. The van der Waals surface area contributed by atoms with E-state index in [1.807, 2.05) is 13.2 Å². The van der Waals surface area contributed by atoms with Crippen LogP contribution in [-0.4, -0.2) is 42.6 Å². The number of rotatable bonds is 7. The van der Waals surface area contributed by atoms with E-state index in [1.54, 1.807) is 0 Å². The molecule has 0 fully saturated rings. The molecule has 0 saturated carbocycles. The van der Waals surface area contributed by atoms with Crippen molar-refractivity contribution < 1.29 is 0 Å². The summed E-state index contributed by atoms with van der Waals surface area (Å²) in [5.41, 5.74) is 1.31. The maximum atomic E-state index is 4.50. The van der Waals surface area contributed by atoms with Crippen LogP contribution in [0, 0.1) is 0 Å². The smallest absolute Gasteiger partial charge is 0.0420 e. The number of pyridine rings is 1. The van der Waals surface area contributed by atoms with Gasteiger partial charge in [-0.15, -0.1) is 0 Å². The summed E-state index contributed by atoms with van der Waals surface area (Å²) in [4.78, 5) is 6.86. The molecule has 0 saturated heterocycles. The topological polar surface area (TPSA) is 28.2 Å². The highest BCUT2D eigenvalue weighted by molar-refractivity contribution is 9.10. The Balaban J connectivity index is 2.95. The number of nitrogens with one attached hydrogen (secondary N) is 1. The summed E-state index contributed by atoms with van der Waals surface area (Å²) < 4.78 is 1.03. The number of nitrogens with zero attached hydrogens (tertiary/aromatic N) is 2. The van der Waals surface area contributed by atoms with E-state index >= 15 is 0 Å². The second kappa shape index (κ2) is 7.36. The van der Waals surface area contributed by atoms with Crippen molar-refractivity contribution in [3.8, 4) is 0 Å². The molecule has 1 unspecified atom stereocenters. The molecule has 0 aliphatic rings. The van der Waals surface area contributed by atoms with Crippen LogP contribution in [0.4, 0.5) is 0 Å².